The Hall–Kier alpha value is -1.60. The summed E-state index contributed by atoms with van der Waals surface area (Å²) in [5, 5.41) is 3.03. The highest BCUT2D eigenvalue weighted by atomic mass is 32.2. The molecule has 6 nitrogen and oxygen atoms in total. The lowest BCUT2D eigenvalue weighted by atomic mass is 10.3. The van der Waals surface area contributed by atoms with Gasteiger partial charge in [-0.3, -0.25) is 4.79 Å². The molecule has 0 aliphatic heterocycles. The summed E-state index contributed by atoms with van der Waals surface area (Å²) in [6.45, 7) is 4.65. The molecule has 0 saturated carbocycles. The third-order valence-electron chi connectivity index (χ3n) is 2.46. The lowest BCUT2D eigenvalue weighted by Gasteiger charge is -2.08. The van der Waals surface area contributed by atoms with Crippen LogP contribution < -0.4 is 10.0 Å². The summed E-state index contributed by atoms with van der Waals surface area (Å²) in [4.78, 5) is 11.4. The van der Waals surface area contributed by atoms with Gasteiger partial charge in [0.15, 0.2) is 0 Å². The highest BCUT2D eigenvalue weighted by Crippen LogP contribution is 2.13. The van der Waals surface area contributed by atoms with Gasteiger partial charge in [0.25, 0.3) is 0 Å². The number of hydrogen-bond donors (Lipinski definition) is 2. The normalized spacial score (nSPS) is 11.1. The van der Waals surface area contributed by atoms with Crippen LogP contribution in [0.3, 0.4) is 0 Å². The summed E-state index contributed by atoms with van der Waals surface area (Å²) in [7, 11) is -3.42. The predicted octanol–water partition coefficient (Wildman–Crippen LogP) is 1.35. The van der Waals surface area contributed by atoms with E-state index in [1.54, 1.807) is 26.0 Å². The maximum Gasteiger partial charge on any atom is 0.307 e. The third-order valence-corrected chi connectivity index (χ3v) is 4.02. The summed E-state index contributed by atoms with van der Waals surface area (Å²) < 4.78 is 30.7. The van der Waals surface area contributed by atoms with Crippen LogP contribution in [-0.4, -0.2) is 34.1 Å². The smallest absolute Gasteiger partial charge is 0.307 e. The quantitative estimate of drug-likeness (QED) is 0.708. The standard InChI is InChI=1S/C13H20N2O4S/c1-3-15-20(17,18)12-7-5-11(6-8-12)14-10-9-13(16)19-4-2/h5-8,14-15H,3-4,9-10H2,1-2H3. The molecular weight excluding hydrogens is 280 g/mol. The Labute approximate surface area is 119 Å². The monoisotopic (exact) mass is 300 g/mol. The first-order valence-electron chi connectivity index (χ1n) is 6.48. The minimum absolute atomic E-state index is 0.218. The summed E-state index contributed by atoms with van der Waals surface area (Å²) in [5.41, 5.74) is 0.754. The van der Waals surface area contributed by atoms with Gasteiger partial charge in [-0.1, -0.05) is 6.92 Å². The Kier molecular flexibility index (Phi) is 6.47. The van der Waals surface area contributed by atoms with Crippen LogP contribution in [0.25, 0.3) is 0 Å². The third kappa shape index (κ3) is 5.18. The Morgan fingerprint density at radius 1 is 1.20 bits per heavy atom. The first-order valence-corrected chi connectivity index (χ1v) is 7.97. The van der Waals surface area contributed by atoms with Crippen molar-refractivity contribution in [3.63, 3.8) is 0 Å². The fourth-order valence-corrected chi connectivity index (χ4v) is 2.61. The second kappa shape index (κ2) is 7.86. The van der Waals surface area contributed by atoms with Gasteiger partial charge < -0.3 is 10.1 Å². The van der Waals surface area contributed by atoms with Crippen LogP contribution in [0.15, 0.2) is 29.2 Å². The number of carbonyl (C=O) groups excluding carboxylic acids is 1. The number of hydrogen-bond acceptors (Lipinski definition) is 5. The number of esters is 1. The van der Waals surface area contributed by atoms with Crippen LogP contribution in [0.5, 0.6) is 0 Å². The molecule has 20 heavy (non-hydrogen) atoms. The molecule has 1 aromatic carbocycles. The van der Waals surface area contributed by atoms with E-state index in [4.69, 9.17) is 4.74 Å². The number of anilines is 1. The van der Waals surface area contributed by atoms with Crippen LogP contribution >= 0.6 is 0 Å². The maximum atomic E-state index is 11.7. The average molecular weight is 300 g/mol. The zero-order valence-corrected chi connectivity index (χ0v) is 12.5. The fourth-order valence-electron chi connectivity index (χ4n) is 1.57. The molecule has 1 aromatic rings. The van der Waals surface area contributed by atoms with Crippen molar-refractivity contribution in [2.24, 2.45) is 0 Å². The average Bonchev–Trinajstić information content (AvgIpc) is 2.39. The molecule has 1 rings (SSSR count). The predicted molar refractivity (Wildman–Crippen MR) is 77.0 cm³/mol. The van der Waals surface area contributed by atoms with Crippen LogP contribution in [0.4, 0.5) is 5.69 Å². The van der Waals surface area contributed by atoms with E-state index in [2.05, 4.69) is 10.0 Å². The number of ether oxygens (including phenoxy) is 1. The number of benzene rings is 1. The molecule has 0 unspecified atom stereocenters. The van der Waals surface area contributed by atoms with Crippen molar-refractivity contribution in [1.29, 1.82) is 0 Å². The van der Waals surface area contributed by atoms with Crippen molar-refractivity contribution in [3.05, 3.63) is 24.3 Å². The fraction of sp³-hybridized carbons (Fsp3) is 0.462. The van der Waals surface area contributed by atoms with Crippen molar-refractivity contribution >= 4 is 21.7 Å². The van der Waals surface area contributed by atoms with Gasteiger partial charge in [-0.15, -0.1) is 0 Å². The molecule has 0 amide bonds. The molecule has 0 heterocycles. The summed E-state index contributed by atoms with van der Waals surface area (Å²) in [6.07, 6.45) is 0.269. The topological polar surface area (TPSA) is 84.5 Å². The second-order valence-electron chi connectivity index (χ2n) is 4.01. The molecule has 112 valence electrons. The van der Waals surface area contributed by atoms with E-state index in [-0.39, 0.29) is 17.3 Å². The van der Waals surface area contributed by atoms with Gasteiger partial charge in [0.05, 0.1) is 17.9 Å². The van der Waals surface area contributed by atoms with E-state index in [1.807, 2.05) is 0 Å². The zero-order chi connectivity index (χ0) is 15.0. The molecule has 0 spiro atoms. The van der Waals surface area contributed by atoms with Crippen molar-refractivity contribution in [2.75, 3.05) is 25.0 Å². The lowest BCUT2D eigenvalue weighted by molar-refractivity contribution is -0.142. The molecule has 0 aliphatic rings. The molecule has 2 N–H and O–H groups in total. The van der Waals surface area contributed by atoms with Gasteiger partial charge in [-0.25, -0.2) is 13.1 Å². The lowest BCUT2D eigenvalue weighted by Crippen LogP contribution is -2.23. The Morgan fingerprint density at radius 2 is 1.85 bits per heavy atom. The van der Waals surface area contributed by atoms with Gasteiger partial charge in [0.1, 0.15) is 0 Å². The molecule has 7 heteroatoms. The second-order valence-corrected chi connectivity index (χ2v) is 5.77. The molecule has 0 aromatic heterocycles. The molecule has 0 radical (unpaired) electrons. The summed E-state index contributed by atoms with van der Waals surface area (Å²) >= 11 is 0. The number of nitrogens with one attached hydrogen (secondary N) is 2. The first-order chi connectivity index (χ1) is 9.49. The SMILES string of the molecule is CCNS(=O)(=O)c1ccc(NCCC(=O)OCC)cc1. The number of sulfonamides is 1. The summed E-state index contributed by atoms with van der Waals surface area (Å²) in [6, 6.07) is 6.36. The molecule has 0 bridgehead atoms. The molecule has 0 atom stereocenters. The molecule has 0 saturated heterocycles. The molecule has 0 fully saturated rings. The minimum atomic E-state index is -3.42. The maximum absolute atomic E-state index is 11.7. The van der Waals surface area contributed by atoms with Gasteiger partial charge in [-0.05, 0) is 31.2 Å². The summed E-state index contributed by atoms with van der Waals surface area (Å²) in [5.74, 6) is -0.258. The highest BCUT2D eigenvalue weighted by molar-refractivity contribution is 7.89. The van der Waals surface area contributed by atoms with Crippen molar-refractivity contribution in [2.45, 2.75) is 25.2 Å². The molecule has 0 aliphatic carbocycles. The largest absolute Gasteiger partial charge is 0.466 e. The number of rotatable bonds is 8. The van der Waals surface area contributed by atoms with Crippen LogP contribution in [0, 0.1) is 0 Å². The number of carbonyl (C=O) groups is 1. The minimum Gasteiger partial charge on any atom is -0.466 e. The van der Waals surface area contributed by atoms with Crippen LogP contribution in [-0.2, 0) is 19.6 Å². The van der Waals surface area contributed by atoms with E-state index in [0.29, 0.717) is 19.7 Å². The van der Waals surface area contributed by atoms with E-state index >= 15 is 0 Å². The zero-order valence-electron chi connectivity index (χ0n) is 11.7. The Bertz CT molecular complexity index is 526. The molecular formula is C13H20N2O4S. The van der Waals surface area contributed by atoms with E-state index in [1.165, 1.54) is 12.1 Å². The van der Waals surface area contributed by atoms with Crippen LogP contribution in [0.2, 0.25) is 0 Å². The van der Waals surface area contributed by atoms with E-state index < -0.39 is 10.0 Å². The van der Waals surface area contributed by atoms with Gasteiger partial charge in [0.2, 0.25) is 10.0 Å². The van der Waals surface area contributed by atoms with Crippen molar-refractivity contribution in [3.8, 4) is 0 Å². The van der Waals surface area contributed by atoms with Gasteiger partial charge >= 0.3 is 5.97 Å². The first kappa shape index (κ1) is 16.5. The highest BCUT2D eigenvalue weighted by Gasteiger charge is 2.11. The van der Waals surface area contributed by atoms with E-state index in [9.17, 15) is 13.2 Å². The van der Waals surface area contributed by atoms with Gasteiger partial charge in [-0.2, -0.15) is 0 Å². The van der Waals surface area contributed by atoms with E-state index in [0.717, 1.165) is 5.69 Å². The Morgan fingerprint density at radius 3 is 2.40 bits per heavy atom. The van der Waals surface area contributed by atoms with Gasteiger partial charge in [0, 0.05) is 18.8 Å². The van der Waals surface area contributed by atoms with Crippen LogP contribution in [0.1, 0.15) is 20.3 Å². The van der Waals surface area contributed by atoms with Crippen molar-refractivity contribution in [1.82, 2.24) is 4.72 Å². The van der Waals surface area contributed by atoms with Crippen molar-refractivity contribution < 1.29 is 17.9 Å². The Balaban J connectivity index is 2.53.